The van der Waals surface area contributed by atoms with Crippen LogP contribution >= 0.6 is 0 Å². The lowest BCUT2D eigenvalue weighted by molar-refractivity contribution is 0.00231. The van der Waals surface area contributed by atoms with E-state index in [2.05, 4.69) is 11.9 Å². The minimum atomic E-state index is -0.930. The van der Waals surface area contributed by atoms with E-state index in [1.807, 2.05) is 0 Å². The lowest BCUT2D eigenvalue weighted by Gasteiger charge is -2.23. The Morgan fingerprint density at radius 1 is 1.26 bits per heavy atom. The van der Waals surface area contributed by atoms with E-state index in [4.69, 9.17) is 4.42 Å². The van der Waals surface area contributed by atoms with Gasteiger partial charge in [0.1, 0.15) is 22.8 Å². The van der Waals surface area contributed by atoms with Crippen LogP contribution in [-0.4, -0.2) is 30.1 Å². The second kappa shape index (κ2) is 4.62. The maximum atomic E-state index is 13.2. The Balaban J connectivity index is 1.98. The molecule has 0 amide bonds. The first-order chi connectivity index (χ1) is 9.07. The van der Waals surface area contributed by atoms with Gasteiger partial charge in [0.2, 0.25) is 0 Å². The summed E-state index contributed by atoms with van der Waals surface area (Å²) in [6, 6.07) is 6.19. The highest BCUT2D eigenvalue weighted by molar-refractivity contribution is 5.78. The van der Waals surface area contributed by atoms with E-state index in [1.54, 1.807) is 12.1 Å². The molecule has 3 rings (SSSR count). The Kier molecular flexibility index (Phi) is 3.07. The van der Waals surface area contributed by atoms with Gasteiger partial charge in [-0.05, 0) is 57.1 Å². The summed E-state index contributed by atoms with van der Waals surface area (Å²) in [5.41, 5.74) is -0.303. The maximum absolute atomic E-state index is 13.2. The van der Waals surface area contributed by atoms with Crippen molar-refractivity contribution in [2.45, 2.75) is 24.9 Å². The Labute approximate surface area is 111 Å². The van der Waals surface area contributed by atoms with Crippen LogP contribution < -0.4 is 0 Å². The molecule has 0 radical (unpaired) electrons. The Bertz CT molecular complexity index is 595. The van der Waals surface area contributed by atoms with Crippen molar-refractivity contribution in [2.75, 3.05) is 20.1 Å². The summed E-state index contributed by atoms with van der Waals surface area (Å²) >= 11 is 0. The number of aliphatic hydroxyl groups is 1. The van der Waals surface area contributed by atoms with Crippen molar-refractivity contribution in [3.05, 3.63) is 35.8 Å². The van der Waals surface area contributed by atoms with Gasteiger partial charge in [-0.15, -0.1) is 0 Å². The molecule has 2 aromatic rings. The first-order valence-corrected chi connectivity index (χ1v) is 6.67. The number of hydrogen-bond donors (Lipinski definition) is 1. The Morgan fingerprint density at radius 2 is 2.11 bits per heavy atom. The van der Waals surface area contributed by atoms with Gasteiger partial charge in [-0.25, -0.2) is 4.39 Å². The maximum Gasteiger partial charge on any atom is 0.136 e. The molecule has 1 atom stereocenters. The van der Waals surface area contributed by atoms with E-state index in [-0.39, 0.29) is 5.82 Å². The number of fused-ring (bicyclic) bond motifs is 1. The molecule has 4 heteroatoms. The van der Waals surface area contributed by atoms with Crippen molar-refractivity contribution in [2.24, 2.45) is 0 Å². The summed E-state index contributed by atoms with van der Waals surface area (Å²) in [6.45, 7) is 1.82. The number of rotatable bonds is 1. The third-order valence-corrected chi connectivity index (χ3v) is 3.97. The molecule has 1 aliphatic heterocycles. The molecule has 3 nitrogen and oxygen atoms in total. The van der Waals surface area contributed by atoms with Gasteiger partial charge in [0.05, 0.1) is 0 Å². The van der Waals surface area contributed by atoms with Crippen LogP contribution in [0.4, 0.5) is 4.39 Å². The van der Waals surface area contributed by atoms with Gasteiger partial charge in [0.15, 0.2) is 0 Å². The first-order valence-electron chi connectivity index (χ1n) is 6.67. The van der Waals surface area contributed by atoms with Crippen LogP contribution in [0.1, 0.15) is 25.0 Å². The Morgan fingerprint density at radius 3 is 2.95 bits per heavy atom. The van der Waals surface area contributed by atoms with Gasteiger partial charge >= 0.3 is 0 Å². The molecule has 1 saturated heterocycles. The van der Waals surface area contributed by atoms with E-state index >= 15 is 0 Å². The first kappa shape index (κ1) is 12.6. The summed E-state index contributed by atoms with van der Waals surface area (Å²) in [4.78, 5) is 2.21. The number of hydrogen-bond acceptors (Lipinski definition) is 3. The van der Waals surface area contributed by atoms with Gasteiger partial charge in [0, 0.05) is 11.9 Å². The standard InChI is InChI=1S/C15H18FNO2/c1-17-7-2-5-15(18,6-8-17)14-10-11-9-12(16)3-4-13(11)19-14/h3-4,9-10,18H,2,5-8H2,1H3. The quantitative estimate of drug-likeness (QED) is 0.859. The molecule has 1 unspecified atom stereocenters. The van der Waals surface area contributed by atoms with Crippen LogP contribution in [-0.2, 0) is 5.60 Å². The van der Waals surface area contributed by atoms with Crippen LogP contribution in [0.15, 0.2) is 28.7 Å². The highest BCUT2D eigenvalue weighted by atomic mass is 19.1. The second-order valence-corrected chi connectivity index (χ2v) is 5.48. The minimum Gasteiger partial charge on any atom is -0.458 e. The molecule has 1 fully saturated rings. The fourth-order valence-corrected chi connectivity index (χ4v) is 2.74. The van der Waals surface area contributed by atoms with Gasteiger partial charge in [-0.2, -0.15) is 0 Å². The van der Waals surface area contributed by atoms with Gasteiger partial charge in [-0.1, -0.05) is 0 Å². The number of benzene rings is 1. The smallest absolute Gasteiger partial charge is 0.136 e. The Hall–Kier alpha value is -1.39. The molecule has 102 valence electrons. The van der Waals surface area contributed by atoms with Gasteiger partial charge in [-0.3, -0.25) is 0 Å². The topological polar surface area (TPSA) is 36.6 Å². The van der Waals surface area contributed by atoms with Gasteiger partial charge in [0.25, 0.3) is 0 Å². The zero-order valence-electron chi connectivity index (χ0n) is 11.0. The van der Waals surface area contributed by atoms with Crippen molar-refractivity contribution in [1.82, 2.24) is 4.90 Å². The molecule has 0 saturated carbocycles. The molecule has 1 N–H and O–H groups in total. The highest BCUT2D eigenvalue weighted by Crippen LogP contribution is 2.36. The van der Waals surface area contributed by atoms with Crippen molar-refractivity contribution in [3.8, 4) is 0 Å². The van der Waals surface area contributed by atoms with E-state index in [0.29, 0.717) is 29.6 Å². The fraction of sp³-hybridized carbons (Fsp3) is 0.467. The van der Waals surface area contributed by atoms with Crippen LogP contribution in [0.3, 0.4) is 0 Å². The number of likely N-dealkylation sites (tertiary alicyclic amines) is 1. The lowest BCUT2D eigenvalue weighted by atomic mass is 9.92. The third-order valence-electron chi connectivity index (χ3n) is 3.97. The normalized spacial score (nSPS) is 25.6. The number of halogens is 1. The molecule has 1 aliphatic rings. The molecule has 19 heavy (non-hydrogen) atoms. The fourth-order valence-electron chi connectivity index (χ4n) is 2.74. The predicted octanol–water partition coefficient (Wildman–Crippen LogP) is 2.88. The second-order valence-electron chi connectivity index (χ2n) is 5.48. The van der Waals surface area contributed by atoms with E-state index < -0.39 is 5.60 Å². The van der Waals surface area contributed by atoms with Crippen molar-refractivity contribution in [1.29, 1.82) is 0 Å². The van der Waals surface area contributed by atoms with Crippen LogP contribution in [0.5, 0.6) is 0 Å². The average Bonchev–Trinajstić information content (AvgIpc) is 2.72. The number of furan rings is 1. The summed E-state index contributed by atoms with van der Waals surface area (Å²) in [7, 11) is 2.06. The van der Waals surface area contributed by atoms with Crippen LogP contribution in [0.2, 0.25) is 0 Å². The molecule has 1 aromatic carbocycles. The third kappa shape index (κ3) is 2.38. The molecular formula is C15H18FNO2. The molecule has 0 spiro atoms. The summed E-state index contributed by atoms with van der Waals surface area (Å²) < 4.78 is 18.9. The van der Waals surface area contributed by atoms with Crippen LogP contribution in [0, 0.1) is 5.82 Å². The monoisotopic (exact) mass is 263 g/mol. The summed E-state index contributed by atoms with van der Waals surface area (Å²) in [6.07, 6.45) is 2.25. The SMILES string of the molecule is CN1CCCC(O)(c2cc3cc(F)ccc3o2)CC1. The molecule has 1 aromatic heterocycles. The molecule has 0 bridgehead atoms. The van der Waals surface area contributed by atoms with Crippen LogP contribution in [0.25, 0.3) is 11.0 Å². The zero-order chi connectivity index (χ0) is 13.5. The lowest BCUT2D eigenvalue weighted by Crippen LogP contribution is -2.27. The molecule has 0 aliphatic carbocycles. The van der Waals surface area contributed by atoms with Crippen molar-refractivity contribution >= 4 is 11.0 Å². The highest BCUT2D eigenvalue weighted by Gasteiger charge is 2.34. The zero-order valence-corrected chi connectivity index (χ0v) is 11.0. The largest absolute Gasteiger partial charge is 0.458 e. The number of nitrogens with zero attached hydrogens (tertiary/aromatic N) is 1. The van der Waals surface area contributed by atoms with Gasteiger partial charge < -0.3 is 14.4 Å². The summed E-state index contributed by atoms with van der Waals surface area (Å²) in [5, 5.41) is 11.5. The van der Waals surface area contributed by atoms with E-state index in [0.717, 1.165) is 19.5 Å². The summed E-state index contributed by atoms with van der Waals surface area (Å²) in [5.74, 6) is 0.274. The van der Waals surface area contributed by atoms with Crippen molar-refractivity contribution < 1.29 is 13.9 Å². The van der Waals surface area contributed by atoms with E-state index in [9.17, 15) is 9.50 Å². The average molecular weight is 263 g/mol. The predicted molar refractivity (Wildman–Crippen MR) is 71.4 cm³/mol. The van der Waals surface area contributed by atoms with E-state index in [1.165, 1.54) is 12.1 Å². The minimum absolute atomic E-state index is 0.285. The van der Waals surface area contributed by atoms with Crippen molar-refractivity contribution in [3.63, 3.8) is 0 Å². The molecule has 2 heterocycles. The molecular weight excluding hydrogens is 245 g/mol.